The van der Waals surface area contributed by atoms with Gasteiger partial charge in [0.15, 0.2) is 0 Å². The lowest BCUT2D eigenvalue weighted by molar-refractivity contribution is 0.449. The zero-order valence-electron chi connectivity index (χ0n) is 21.4. The van der Waals surface area contributed by atoms with Gasteiger partial charge in [0.05, 0.1) is 0 Å². The second-order valence-corrected chi connectivity index (χ2v) is 7.74. The van der Waals surface area contributed by atoms with Crippen LogP contribution in [0.25, 0.3) is 0 Å². The highest BCUT2D eigenvalue weighted by molar-refractivity contribution is 5.36. The molecular weight excluding hydrogens is 332 g/mol. The van der Waals surface area contributed by atoms with E-state index in [1.165, 1.54) is 82.8 Å². The molecule has 0 atom stereocenters. The predicted molar refractivity (Wildman–Crippen MR) is 118 cm³/mol. The molecule has 2 nitrogen and oxygen atoms in total. The molecule has 0 radical (unpaired) electrons. The molecule has 0 aliphatic heterocycles. The van der Waals surface area contributed by atoms with E-state index in [4.69, 9.17) is 5.48 Å². The van der Waals surface area contributed by atoms with Crippen LogP contribution in [0.4, 0.5) is 0 Å². The maximum absolute atomic E-state index is 9.59. The summed E-state index contributed by atoms with van der Waals surface area (Å²) in [6, 6.07) is 3.48. The molecule has 0 saturated heterocycles. The van der Waals surface area contributed by atoms with Crippen molar-refractivity contribution in [1.82, 2.24) is 0 Å². The van der Waals surface area contributed by atoms with E-state index >= 15 is 0 Å². The molecule has 0 fully saturated rings. The third-order valence-corrected chi connectivity index (χ3v) is 5.04. The SMILES string of the molecule is [2H]C([2H])(CCCCCCCCCCCCCCCCC)C([2H])([2H])c1cc(O)cc(O)c1. The minimum absolute atomic E-state index is 0.0315. The minimum Gasteiger partial charge on any atom is -0.508 e. The molecule has 0 unspecified atom stereocenters. The summed E-state index contributed by atoms with van der Waals surface area (Å²) in [7, 11) is 0. The lowest BCUT2D eigenvalue weighted by Gasteiger charge is -2.05. The van der Waals surface area contributed by atoms with Crippen molar-refractivity contribution < 1.29 is 15.7 Å². The van der Waals surface area contributed by atoms with Crippen LogP contribution in [0.5, 0.6) is 11.5 Å². The van der Waals surface area contributed by atoms with Crippen molar-refractivity contribution in [2.45, 2.75) is 122 Å². The molecule has 0 saturated carbocycles. The van der Waals surface area contributed by atoms with Gasteiger partial charge in [0.1, 0.15) is 11.5 Å². The molecular formula is C25H44O2. The van der Waals surface area contributed by atoms with Crippen LogP contribution in [0, 0.1) is 0 Å². The Balaban J connectivity index is 2.11. The Labute approximate surface area is 174 Å². The van der Waals surface area contributed by atoms with Crippen LogP contribution in [0.15, 0.2) is 18.2 Å². The van der Waals surface area contributed by atoms with Gasteiger partial charge in [-0.25, -0.2) is 0 Å². The Kier molecular flexibility index (Phi) is 11.2. The van der Waals surface area contributed by atoms with Gasteiger partial charge in [0.2, 0.25) is 0 Å². The van der Waals surface area contributed by atoms with Crippen LogP contribution in [0.3, 0.4) is 0 Å². The van der Waals surface area contributed by atoms with Gasteiger partial charge in [-0.05, 0) is 30.4 Å². The van der Waals surface area contributed by atoms with Gasteiger partial charge in [-0.2, -0.15) is 0 Å². The number of rotatable bonds is 18. The van der Waals surface area contributed by atoms with Crippen LogP contribution < -0.4 is 0 Å². The number of benzene rings is 1. The van der Waals surface area contributed by atoms with Crippen molar-refractivity contribution in [2.75, 3.05) is 0 Å². The molecule has 27 heavy (non-hydrogen) atoms. The molecule has 1 aromatic rings. The molecule has 0 spiro atoms. The van der Waals surface area contributed by atoms with Gasteiger partial charge in [0.25, 0.3) is 0 Å². The Bertz CT molecular complexity index is 585. The lowest BCUT2D eigenvalue weighted by Crippen LogP contribution is -1.87. The lowest BCUT2D eigenvalue weighted by atomic mass is 10.0. The average molecular weight is 381 g/mol. The fraction of sp³-hybridized carbons (Fsp3) is 0.760. The quantitative estimate of drug-likeness (QED) is 0.251. The zero-order chi connectivity index (χ0) is 23.2. The monoisotopic (exact) mass is 380 g/mol. The van der Waals surface area contributed by atoms with E-state index in [1.807, 2.05) is 0 Å². The van der Waals surface area contributed by atoms with E-state index < -0.39 is 12.7 Å². The van der Waals surface area contributed by atoms with Crippen LogP contribution in [0.1, 0.15) is 127 Å². The van der Waals surface area contributed by atoms with Crippen LogP contribution in [-0.4, -0.2) is 10.2 Å². The largest absolute Gasteiger partial charge is 0.508 e. The van der Waals surface area contributed by atoms with Crippen molar-refractivity contribution in [3.63, 3.8) is 0 Å². The summed E-state index contributed by atoms with van der Waals surface area (Å²) in [6.45, 7) is 2.25. The first-order valence-electron chi connectivity index (χ1n) is 13.2. The first-order valence-corrected chi connectivity index (χ1v) is 11.2. The fourth-order valence-electron chi connectivity index (χ4n) is 3.42. The molecule has 1 aromatic carbocycles. The maximum atomic E-state index is 9.59. The third kappa shape index (κ3) is 14.5. The Morgan fingerprint density at radius 1 is 0.593 bits per heavy atom. The van der Waals surface area contributed by atoms with Crippen molar-refractivity contribution in [2.24, 2.45) is 0 Å². The van der Waals surface area contributed by atoms with Gasteiger partial charge < -0.3 is 10.2 Å². The van der Waals surface area contributed by atoms with Gasteiger partial charge in [-0.1, -0.05) is 110 Å². The summed E-state index contributed by atoms with van der Waals surface area (Å²) in [5.41, 5.74) is -0.0315. The van der Waals surface area contributed by atoms with E-state index in [1.54, 1.807) is 0 Å². The van der Waals surface area contributed by atoms with Gasteiger partial charge in [-0.3, -0.25) is 0 Å². The molecule has 0 aromatic heterocycles. The zero-order valence-corrected chi connectivity index (χ0v) is 17.4. The first-order chi connectivity index (χ1) is 14.7. The molecule has 0 aliphatic carbocycles. The topological polar surface area (TPSA) is 40.5 Å². The van der Waals surface area contributed by atoms with E-state index in [0.717, 1.165) is 25.3 Å². The molecule has 0 bridgehead atoms. The van der Waals surface area contributed by atoms with Crippen LogP contribution >= 0.6 is 0 Å². The van der Waals surface area contributed by atoms with Gasteiger partial charge >= 0.3 is 0 Å². The van der Waals surface area contributed by atoms with Gasteiger partial charge in [-0.15, -0.1) is 0 Å². The maximum Gasteiger partial charge on any atom is 0.119 e. The molecule has 2 heteroatoms. The van der Waals surface area contributed by atoms with E-state index in [2.05, 4.69) is 6.92 Å². The Morgan fingerprint density at radius 2 is 0.963 bits per heavy atom. The van der Waals surface area contributed by atoms with Crippen molar-refractivity contribution in [1.29, 1.82) is 0 Å². The van der Waals surface area contributed by atoms with Crippen molar-refractivity contribution in [3.8, 4) is 11.5 Å². The first kappa shape index (κ1) is 17.9. The summed E-state index contributed by atoms with van der Waals surface area (Å²) in [4.78, 5) is 0. The van der Waals surface area contributed by atoms with E-state index in [-0.39, 0.29) is 23.5 Å². The van der Waals surface area contributed by atoms with Crippen molar-refractivity contribution in [3.05, 3.63) is 23.8 Å². The normalized spacial score (nSPS) is 14.4. The summed E-state index contributed by atoms with van der Waals surface area (Å²) >= 11 is 0. The molecule has 0 aliphatic rings. The third-order valence-electron chi connectivity index (χ3n) is 5.04. The number of phenolic OH excluding ortho intramolecular Hbond substituents is 2. The summed E-state index contributed by atoms with van der Waals surface area (Å²) in [5, 5.41) is 19.2. The van der Waals surface area contributed by atoms with E-state index in [9.17, 15) is 10.2 Å². The minimum atomic E-state index is -2.28. The number of unbranched alkanes of at least 4 members (excludes halogenated alkanes) is 14. The summed E-state index contributed by atoms with van der Waals surface area (Å²) in [5.74, 6) is -0.525. The molecule has 0 amide bonds. The fourth-order valence-corrected chi connectivity index (χ4v) is 3.42. The Hall–Kier alpha value is -1.18. The number of aromatic hydroxyl groups is 2. The molecule has 0 heterocycles. The molecule has 2 N–H and O–H groups in total. The highest BCUT2D eigenvalue weighted by Crippen LogP contribution is 2.22. The van der Waals surface area contributed by atoms with Crippen molar-refractivity contribution >= 4 is 0 Å². The standard InChI is InChI=1S/C25H44O2/c1-2-3-4-5-6-7-8-9-10-11-12-13-14-15-16-17-18-19-23-20-24(26)22-25(27)21-23/h20-22,26-27H,2-19H2,1H3/i18D2,19D2. The number of hydrogen-bond acceptors (Lipinski definition) is 2. The van der Waals surface area contributed by atoms with E-state index in [0.29, 0.717) is 6.42 Å². The highest BCUT2D eigenvalue weighted by atomic mass is 16.3. The second-order valence-electron chi connectivity index (χ2n) is 7.74. The summed E-state index contributed by atoms with van der Waals surface area (Å²) < 4.78 is 32.8. The highest BCUT2D eigenvalue weighted by Gasteiger charge is 2.00. The van der Waals surface area contributed by atoms with Crippen LogP contribution in [-0.2, 0) is 6.37 Å². The molecule has 156 valence electrons. The smallest absolute Gasteiger partial charge is 0.119 e. The number of aryl methyl sites for hydroxylation is 1. The number of phenols is 2. The van der Waals surface area contributed by atoms with Gasteiger partial charge in [0, 0.05) is 11.5 Å². The van der Waals surface area contributed by atoms with Crippen LogP contribution in [0.2, 0.25) is 0 Å². The molecule has 1 rings (SSSR count). The Morgan fingerprint density at radius 3 is 1.37 bits per heavy atom. The average Bonchev–Trinajstić information content (AvgIpc) is 2.70. The number of hydrogen-bond donors (Lipinski definition) is 2. The predicted octanol–water partition coefficient (Wildman–Crippen LogP) is 8.29. The summed E-state index contributed by atoms with van der Waals surface area (Å²) in [6.07, 6.45) is 14.3. The second kappa shape index (κ2) is 17.0.